The first-order valence-corrected chi connectivity index (χ1v) is 7.16. The molecule has 0 saturated carbocycles. The smallest absolute Gasteiger partial charge is 0.0938 e. The summed E-state index contributed by atoms with van der Waals surface area (Å²) < 4.78 is 0. The van der Waals surface area contributed by atoms with Crippen molar-refractivity contribution in [3.63, 3.8) is 0 Å². The lowest BCUT2D eigenvalue weighted by Gasteiger charge is -2.38. The van der Waals surface area contributed by atoms with Crippen molar-refractivity contribution in [1.82, 2.24) is 10.3 Å². The van der Waals surface area contributed by atoms with Crippen LogP contribution in [0.15, 0.2) is 54.9 Å². The summed E-state index contributed by atoms with van der Waals surface area (Å²) in [6.07, 6.45) is 5.95. The summed E-state index contributed by atoms with van der Waals surface area (Å²) in [7, 11) is 0. The number of pyridine rings is 1. The Morgan fingerprint density at radius 2 is 2.05 bits per heavy atom. The number of aliphatic hydroxyl groups is 1. The topological polar surface area (TPSA) is 45.2 Å². The summed E-state index contributed by atoms with van der Waals surface area (Å²) in [6.45, 7) is 0.836. The van der Waals surface area contributed by atoms with Gasteiger partial charge in [-0.3, -0.25) is 4.98 Å². The molecule has 2 heterocycles. The third kappa shape index (κ3) is 2.89. The van der Waals surface area contributed by atoms with Crippen LogP contribution in [0.1, 0.15) is 24.0 Å². The number of rotatable bonds is 3. The molecule has 1 aliphatic heterocycles. The van der Waals surface area contributed by atoms with Gasteiger partial charge in [-0.2, -0.15) is 0 Å². The minimum atomic E-state index is -0.751. The van der Waals surface area contributed by atoms with E-state index < -0.39 is 5.60 Å². The van der Waals surface area contributed by atoms with E-state index in [1.807, 2.05) is 18.2 Å². The quantitative estimate of drug-likeness (QED) is 0.897. The zero-order valence-corrected chi connectivity index (χ0v) is 11.5. The third-order valence-electron chi connectivity index (χ3n) is 4.08. The number of piperidine rings is 1. The Hall–Kier alpha value is -1.71. The van der Waals surface area contributed by atoms with Gasteiger partial charge in [-0.25, -0.2) is 0 Å². The van der Waals surface area contributed by atoms with Gasteiger partial charge in [0.15, 0.2) is 0 Å². The van der Waals surface area contributed by atoms with E-state index in [0.29, 0.717) is 6.04 Å². The van der Waals surface area contributed by atoms with Crippen molar-refractivity contribution < 1.29 is 5.11 Å². The fourth-order valence-corrected chi connectivity index (χ4v) is 3.01. The predicted octanol–water partition coefficient (Wildman–Crippen LogP) is 2.26. The van der Waals surface area contributed by atoms with Gasteiger partial charge in [-0.1, -0.05) is 36.4 Å². The molecule has 2 unspecified atom stereocenters. The highest BCUT2D eigenvalue weighted by atomic mass is 16.3. The van der Waals surface area contributed by atoms with E-state index in [2.05, 4.69) is 34.6 Å². The summed E-state index contributed by atoms with van der Waals surface area (Å²) in [4.78, 5) is 4.13. The van der Waals surface area contributed by atoms with E-state index in [1.54, 1.807) is 12.4 Å². The molecule has 3 nitrogen and oxygen atoms in total. The molecule has 2 atom stereocenters. The van der Waals surface area contributed by atoms with E-state index in [9.17, 15) is 5.11 Å². The Morgan fingerprint density at radius 1 is 1.20 bits per heavy atom. The fourth-order valence-electron chi connectivity index (χ4n) is 3.01. The number of nitrogens with one attached hydrogen (secondary N) is 1. The van der Waals surface area contributed by atoms with E-state index in [4.69, 9.17) is 0 Å². The summed E-state index contributed by atoms with van der Waals surface area (Å²) in [5, 5.41) is 14.4. The van der Waals surface area contributed by atoms with Gasteiger partial charge in [0, 0.05) is 24.0 Å². The van der Waals surface area contributed by atoms with Crippen LogP contribution in [0.2, 0.25) is 0 Å². The lowest BCUT2D eigenvalue weighted by atomic mass is 9.81. The highest BCUT2D eigenvalue weighted by Gasteiger charge is 2.35. The van der Waals surface area contributed by atoms with E-state index >= 15 is 0 Å². The van der Waals surface area contributed by atoms with Crippen molar-refractivity contribution in [2.24, 2.45) is 0 Å². The summed E-state index contributed by atoms with van der Waals surface area (Å²) >= 11 is 0. The number of hydrogen-bond acceptors (Lipinski definition) is 3. The first-order valence-electron chi connectivity index (χ1n) is 7.16. The van der Waals surface area contributed by atoms with Crippen LogP contribution in [0.4, 0.5) is 0 Å². The summed E-state index contributed by atoms with van der Waals surface area (Å²) in [6, 6.07) is 14.6. The first kappa shape index (κ1) is 13.3. The zero-order valence-electron chi connectivity index (χ0n) is 11.5. The van der Waals surface area contributed by atoms with Gasteiger partial charge in [0.25, 0.3) is 0 Å². The molecule has 2 aromatic rings. The molecule has 1 aromatic heterocycles. The Morgan fingerprint density at radius 3 is 2.80 bits per heavy atom. The van der Waals surface area contributed by atoms with Crippen molar-refractivity contribution in [3.05, 3.63) is 66.0 Å². The lowest BCUT2D eigenvalue weighted by molar-refractivity contribution is -0.00916. The Kier molecular flexibility index (Phi) is 3.81. The fraction of sp³-hybridized carbons (Fsp3) is 0.353. The van der Waals surface area contributed by atoms with Gasteiger partial charge in [-0.15, -0.1) is 0 Å². The monoisotopic (exact) mass is 268 g/mol. The molecule has 0 amide bonds. The Bertz CT molecular complexity index is 543. The number of aromatic nitrogens is 1. The highest BCUT2D eigenvalue weighted by molar-refractivity contribution is 5.21. The molecule has 1 saturated heterocycles. The molecule has 20 heavy (non-hydrogen) atoms. The molecule has 3 rings (SSSR count). The maximum atomic E-state index is 10.9. The summed E-state index contributed by atoms with van der Waals surface area (Å²) in [5.41, 5.74) is 1.49. The van der Waals surface area contributed by atoms with Crippen LogP contribution < -0.4 is 5.32 Å². The van der Waals surface area contributed by atoms with Crippen LogP contribution in [0.25, 0.3) is 0 Å². The van der Waals surface area contributed by atoms with Crippen LogP contribution in [0.5, 0.6) is 0 Å². The second-order valence-corrected chi connectivity index (χ2v) is 5.57. The SMILES string of the molecule is OC1(c2cccnc2)CCNC(Cc2ccccc2)C1. The average molecular weight is 268 g/mol. The molecular weight excluding hydrogens is 248 g/mol. The highest BCUT2D eigenvalue weighted by Crippen LogP contribution is 2.32. The van der Waals surface area contributed by atoms with E-state index in [1.165, 1.54) is 5.56 Å². The number of benzene rings is 1. The van der Waals surface area contributed by atoms with Crippen LogP contribution in [0, 0.1) is 0 Å². The molecule has 104 valence electrons. The molecule has 0 bridgehead atoms. The average Bonchev–Trinajstić information content (AvgIpc) is 2.49. The second-order valence-electron chi connectivity index (χ2n) is 5.57. The molecule has 1 aliphatic rings. The Labute approximate surface area is 119 Å². The Balaban J connectivity index is 1.73. The van der Waals surface area contributed by atoms with Crippen molar-refractivity contribution in [1.29, 1.82) is 0 Å². The van der Waals surface area contributed by atoms with Crippen molar-refractivity contribution >= 4 is 0 Å². The van der Waals surface area contributed by atoms with E-state index in [-0.39, 0.29) is 0 Å². The van der Waals surface area contributed by atoms with Gasteiger partial charge in [-0.05, 0) is 37.4 Å². The second kappa shape index (κ2) is 5.73. The standard InChI is InChI=1S/C17H20N2O/c20-17(15-7-4-9-18-13-15)8-10-19-16(12-17)11-14-5-2-1-3-6-14/h1-7,9,13,16,19-20H,8,10-12H2. The van der Waals surface area contributed by atoms with Crippen LogP contribution >= 0.6 is 0 Å². The normalized spacial score (nSPS) is 26.4. The zero-order chi connectivity index (χ0) is 13.8. The number of hydrogen-bond donors (Lipinski definition) is 2. The molecule has 0 spiro atoms. The van der Waals surface area contributed by atoms with Gasteiger partial charge < -0.3 is 10.4 Å². The number of nitrogens with zero attached hydrogens (tertiary/aromatic N) is 1. The van der Waals surface area contributed by atoms with Crippen LogP contribution in [-0.4, -0.2) is 22.7 Å². The van der Waals surface area contributed by atoms with Crippen molar-refractivity contribution in [2.45, 2.75) is 30.9 Å². The largest absolute Gasteiger partial charge is 0.385 e. The maximum Gasteiger partial charge on any atom is 0.0938 e. The maximum absolute atomic E-state index is 10.9. The predicted molar refractivity (Wildman–Crippen MR) is 79.3 cm³/mol. The van der Waals surface area contributed by atoms with Gasteiger partial charge in [0.05, 0.1) is 5.60 Å². The molecule has 0 radical (unpaired) electrons. The van der Waals surface area contributed by atoms with E-state index in [0.717, 1.165) is 31.4 Å². The molecule has 1 aromatic carbocycles. The van der Waals surface area contributed by atoms with Gasteiger partial charge >= 0.3 is 0 Å². The minimum Gasteiger partial charge on any atom is -0.385 e. The molecule has 0 aliphatic carbocycles. The molecule has 2 N–H and O–H groups in total. The van der Waals surface area contributed by atoms with Crippen molar-refractivity contribution in [3.8, 4) is 0 Å². The van der Waals surface area contributed by atoms with Crippen LogP contribution in [-0.2, 0) is 12.0 Å². The lowest BCUT2D eigenvalue weighted by Crippen LogP contribution is -2.47. The van der Waals surface area contributed by atoms with Gasteiger partial charge in [0.1, 0.15) is 0 Å². The van der Waals surface area contributed by atoms with Crippen molar-refractivity contribution in [2.75, 3.05) is 6.54 Å². The minimum absolute atomic E-state index is 0.302. The van der Waals surface area contributed by atoms with Crippen LogP contribution in [0.3, 0.4) is 0 Å². The molecular formula is C17H20N2O. The molecule has 1 fully saturated rings. The van der Waals surface area contributed by atoms with Gasteiger partial charge in [0.2, 0.25) is 0 Å². The molecule has 3 heteroatoms. The summed E-state index contributed by atoms with van der Waals surface area (Å²) in [5.74, 6) is 0. The third-order valence-corrected chi connectivity index (χ3v) is 4.08. The first-order chi connectivity index (χ1) is 9.76.